The monoisotopic (exact) mass is 414 g/mol. The van der Waals surface area contributed by atoms with E-state index in [1.165, 1.54) is 20.3 Å². The van der Waals surface area contributed by atoms with Gasteiger partial charge < -0.3 is 19.2 Å². The minimum absolute atomic E-state index is 0.132. The van der Waals surface area contributed by atoms with E-state index in [9.17, 15) is 9.59 Å². The molecular weight excluding hydrogens is 396 g/mol. The number of hydrogen-bond donors (Lipinski definition) is 1. The van der Waals surface area contributed by atoms with E-state index in [1.54, 1.807) is 30.5 Å². The molecule has 0 fully saturated rings. The van der Waals surface area contributed by atoms with Crippen LogP contribution in [0.1, 0.15) is 22.7 Å². The Morgan fingerprint density at radius 3 is 2.59 bits per heavy atom. The zero-order chi connectivity index (χ0) is 20.8. The summed E-state index contributed by atoms with van der Waals surface area (Å²) in [4.78, 5) is 28.5. The largest absolute Gasteiger partial charge is 0.497 e. The molecule has 1 heterocycles. The maximum atomic E-state index is 12.3. The lowest BCUT2D eigenvalue weighted by Crippen LogP contribution is -2.16. The van der Waals surface area contributed by atoms with Crippen LogP contribution < -0.4 is 10.1 Å². The number of carbonyl (C=O) groups is 2. The van der Waals surface area contributed by atoms with Gasteiger partial charge >= 0.3 is 5.97 Å². The van der Waals surface area contributed by atoms with Crippen molar-refractivity contribution in [2.75, 3.05) is 19.5 Å². The van der Waals surface area contributed by atoms with Crippen LogP contribution in [0.5, 0.6) is 5.75 Å². The Morgan fingerprint density at radius 1 is 1.14 bits per heavy atom. The van der Waals surface area contributed by atoms with Crippen LogP contribution in [-0.2, 0) is 16.0 Å². The molecule has 0 saturated heterocycles. The number of hydrogen-bond acceptors (Lipinski definition) is 6. The average molecular weight is 415 g/mol. The SMILES string of the molecule is COC(=O)c1cc(OC)ccc1NC(=O)CCc1ncc(-c2ccc(Cl)cc2)o1. The first kappa shape index (κ1) is 20.4. The highest BCUT2D eigenvalue weighted by molar-refractivity contribution is 6.30. The molecule has 29 heavy (non-hydrogen) atoms. The molecule has 0 aliphatic rings. The number of nitrogens with one attached hydrogen (secondary N) is 1. The first-order valence-corrected chi connectivity index (χ1v) is 9.15. The number of nitrogens with zero attached hydrogens (tertiary/aromatic N) is 1. The molecule has 1 aromatic heterocycles. The average Bonchev–Trinajstić information content (AvgIpc) is 3.21. The van der Waals surface area contributed by atoms with Crippen LogP contribution in [0, 0.1) is 0 Å². The third-order valence-electron chi connectivity index (χ3n) is 4.15. The summed E-state index contributed by atoms with van der Waals surface area (Å²) in [5.74, 6) is 0.664. The summed E-state index contributed by atoms with van der Waals surface area (Å²) in [6.07, 6.45) is 2.05. The summed E-state index contributed by atoms with van der Waals surface area (Å²) in [6.45, 7) is 0. The second kappa shape index (κ2) is 9.25. The number of halogens is 1. The molecule has 0 bridgehead atoms. The molecule has 150 valence electrons. The molecule has 8 heteroatoms. The minimum atomic E-state index is -0.570. The normalized spacial score (nSPS) is 10.4. The maximum absolute atomic E-state index is 12.3. The summed E-state index contributed by atoms with van der Waals surface area (Å²) < 4.78 is 15.6. The van der Waals surface area contributed by atoms with Gasteiger partial charge in [0.1, 0.15) is 5.75 Å². The van der Waals surface area contributed by atoms with E-state index < -0.39 is 5.97 Å². The molecule has 3 aromatic rings. The van der Waals surface area contributed by atoms with Crippen molar-refractivity contribution in [3.05, 3.63) is 65.1 Å². The van der Waals surface area contributed by atoms with Gasteiger partial charge in [-0.1, -0.05) is 11.6 Å². The molecule has 0 aliphatic heterocycles. The molecule has 0 atom stereocenters. The zero-order valence-corrected chi connectivity index (χ0v) is 16.7. The maximum Gasteiger partial charge on any atom is 0.340 e. The van der Waals surface area contributed by atoms with Crippen molar-refractivity contribution in [3.63, 3.8) is 0 Å². The van der Waals surface area contributed by atoms with E-state index in [1.807, 2.05) is 12.1 Å². The molecule has 7 nitrogen and oxygen atoms in total. The number of rotatable bonds is 7. The zero-order valence-electron chi connectivity index (χ0n) is 15.9. The van der Waals surface area contributed by atoms with Gasteiger partial charge in [-0.25, -0.2) is 9.78 Å². The summed E-state index contributed by atoms with van der Waals surface area (Å²) >= 11 is 5.89. The van der Waals surface area contributed by atoms with Crippen LogP contribution in [0.2, 0.25) is 5.02 Å². The number of amides is 1. The second-order valence-corrected chi connectivity index (χ2v) is 6.51. The summed E-state index contributed by atoms with van der Waals surface area (Å²) in [5.41, 5.74) is 1.40. The van der Waals surface area contributed by atoms with E-state index in [0.717, 1.165) is 5.56 Å². The summed E-state index contributed by atoms with van der Waals surface area (Å²) in [5, 5.41) is 3.35. The van der Waals surface area contributed by atoms with Gasteiger partial charge in [0.25, 0.3) is 0 Å². The van der Waals surface area contributed by atoms with Crippen LogP contribution >= 0.6 is 11.6 Å². The topological polar surface area (TPSA) is 90.7 Å². The Bertz CT molecular complexity index is 1010. The molecule has 0 radical (unpaired) electrons. The van der Waals surface area contributed by atoms with E-state index in [2.05, 4.69) is 10.3 Å². The Labute approximate surface area is 172 Å². The lowest BCUT2D eigenvalue weighted by Gasteiger charge is -2.11. The number of anilines is 1. The first-order chi connectivity index (χ1) is 14.0. The number of esters is 1. The van der Waals surface area contributed by atoms with E-state index in [0.29, 0.717) is 34.5 Å². The van der Waals surface area contributed by atoms with Crippen LogP contribution in [0.4, 0.5) is 5.69 Å². The number of oxazole rings is 1. The predicted molar refractivity (Wildman–Crippen MR) is 108 cm³/mol. The third kappa shape index (κ3) is 5.14. The fraction of sp³-hybridized carbons (Fsp3) is 0.190. The van der Waals surface area contributed by atoms with Crippen LogP contribution in [0.15, 0.2) is 53.1 Å². The van der Waals surface area contributed by atoms with Crippen molar-refractivity contribution in [2.24, 2.45) is 0 Å². The molecule has 0 unspecified atom stereocenters. The highest BCUT2D eigenvalue weighted by Crippen LogP contribution is 2.24. The van der Waals surface area contributed by atoms with Crippen molar-refractivity contribution in [2.45, 2.75) is 12.8 Å². The van der Waals surface area contributed by atoms with Crippen molar-refractivity contribution >= 4 is 29.2 Å². The molecular formula is C21H19ClN2O5. The molecule has 0 spiro atoms. The van der Waals surface area contributed by atoms with Crippen molar-refractivity contribution in [3.8, 4) is 17.1 Å². The van der Waals surface area contributed by atoms with E-state index >= 15 is 0 Å². The van der Waals surface area contributed by atoms with Crippen molar-refractivity contribution in [1.29, 1.82) is 0 Å². The van der Waals surface area contributed by atoms with Crippen LogP contribution in [0.3, 0.4) is 0 Å². The van der Waals surface area contributed by atoms with Gasteiger partial charge in [-0.15, -0.1) is 0 Å². The molecule has 1 amide bonds. The number of aryl methyl sites for hydroxylation is 1. The number of aromatic nitrogens is 1. The highest BCUT2D eigenvalue weighted by Gasteiger charge is 2.16. The van der Waals surface area contributed by atoms with Crippen molar-refractivity contribution in [1.82, 2.24) is 4.98 Å². The quantitative estimate of drug-likeness (QED) is 0.577. The Hall–Kier alpha value is -3.32. The first-order valence-electron chi connectivity index (χ1n) is 8.77. The van der Waals surface area contributed by atoms with Crippen molar-refractivity contribution < 1.29 is 23.5 Å². The van der Waals surface area contributed by atoms with Gasteiger partial charge in [-0.3, -0.25) is 4.79 Å². The fourth-order valence-corrected chi connectivity index (χ4v) is 2.77. The number of carbonyl (C=O) groups excluding carboxylic acids is 2. The lowest BCUT2D eigenvalue weighted by atomic mass is 10.1. The number of methoxy groups -OCH3 is 2. The molecule has 1 N–H and O–H groups in total. The third-order valence-corrected chi connectivity index (χ3v) is 4.41. The fourth-order valence-electron chi connectivity index (χ4n) is 2.64. The molecule has 0 saturated carbocycles. The Balaban J connectivity index is 1.63. The highest BCUT2D eigenvalue weighted by atomic mass is 35.5. The minimum Gasteiger partial charge on any atom is -0.497 e. The number of benzene rings is 2. The standard InChI is InChI=1S/C21H19ClN2O5/c1-27-15-7-8-17(16(11-15)21(26)28-2)24-19(25)9-10-20-23-12-18(29-20)13-3-5-14(22)6-4-13/h3-8,11-12H,9-10H2,1-2H3,(H,24,25). The van der Waals surface area contributed by atoms with Gasteiger partial charge in [-0.2, -0.15) is 0 Å². The lowest BCUT2D eigenvalue weighted by molar-refractivity contribution is -0.116. The van der Waals surface area contributed by atoms with Gasteiger partial charge in [0.2, 0.25) is 5.91 Å². The van der Waals surface area contributed by atoms with Gasteiger partial charge in [0.15, 0.2) is 11.7 Å². The summed E-state index contributed by atoms with van der Waals surface area (Å²) in [6, 6.07) is 11.9. The van der Waals surface area contributed by atoms with E-state index in [4.69, 9.17) is 25.5 Å². The number of ether oxygens (including phenoxy) is 2. The second-order valence-electron chi connectivity index (χ2n) is 6.08. The van der Waals surface area contributed by atoms with Gasteiger partial charge in [-0.05, 0) is 42.5 Å². The molecule has 3 rings (SSSR count). The van der Waals surface area contributed by atoms with E-state index in [-0.39, 0.29) is 17.9 Å². The predicted octanol–water partition coefficient (Wildman–Crippen LogP) is 4.36. The smallest absolute Gasteiger partial charge is 0.340 e. The molecule has 2 aromatic carbocycles. The van der Waals surface area contributed by atoms with Gasteiger partial charge in [0, 0.05) is 23.4 Å². The summed E-state index contributed by atoms with van der Waals surface area (Å²) in [7, 11) is 2.76. The Kier molecular flexibility index (Phi) is 6.51. The molecule has 0 aliphatic carbocycles. The van der Waals surface area contributed by atoms with Crippen LogP contribution in [0.25, 0.3) is 11.3 Å². The van der Waals surface area contributed by atoms with Gasteiger partial charge in [0.05, 0.1) is 31.7 Å². The van der Waals surface area contributed by atoms with Crippen LogP contribution in [-0.4, -0.2) is 31.1 Å². The Morgan fingerprint density at radius 2 is 1.90 bits per heavy atom.